The van der Waals surface area contributed by atoms with E-state index in [2.05, 4.69) is 51.8 Å². The van der Waals surface area contributed by atoms with Crippen LogP contribution in [0.5, 0.6) is 0 Å². The van der Waals surface area contributed by atoms with E-state index in [-0.39, 0.29) is 0 Å². The number of piperazine rings is 1. The third-order valence-corrected chi connectivity index (χ3v) is 4.84. The van der Waals surface area contributed by atoms with Crippen molar-refractivity contribution < 1.29 is 0 Å². The highest BCUT2D eigenvalue weighted by Crippen LogP contribution is 2.22. The van der Waals surface area contributed by atoms with Crippen molar-refractivity contribution in [3.05, 3.63) is 0 Å². The minimum atomic E-state index is 0.675. The second-order valence-corrected chi connectivity index (χ2v) is 6.68. The first-order valence-electron chi connectivity index (χ1n) is 7.96. The van der Waals surface area contributed by atoms with Gasteiger partial charge in [0.05, 0.1) is 0 Å². The molecule has 1 heterocycles. The van der Waals surface area contributed by atoms with Crippen LogP contribution in [0, 0.1) is 17.8 Å². The quantitative estimate of drug-likeness (QED) is 0.782. The Balaban J connectivity index is 2.66. The van der Waals surface area contributed by atoms with Crippen molar-refractivity contribution in [2.75, 3.05) is 19.6 Å². The molecule has 0 radical (unpaired) electrons. The summed E-state index contributed by atoms with van der Waals surface area (Å²) in [6.45, 7) is 17.8. The Hall–Kier alpha value is -0.0800. The van der Waals surface area contributed by atoms with E-state index in [1.807, 2.05) is 0 Å². The van der Waals surface area contributed by atoms with Crippen molar-refractivity contribution >= 4 is 0 Å². The molecule has 4 unspecified atom stereocenters. The van der Waals surface area contributed by atoms with Gasteiger partial charge in [0.2, 0.25) is 0 Å². The molecule has 2 heteroatoms. The average Bonchev–Trinajstić information content (AvgIpc) is 2.37. The van der Waals surface area contributed by atoms with E-state index in [1.54, 1.807) is 0 Å². The zero-order valence-corrected chi connectivity index (χ0v) is 13.4. The Labute approximate surface area is 115 Å². The van der Waals surface area contributed by atoms with Crippen LogP contribution in [0.15, 0.2) is 0 Å². The molecule has 108 valence electrons. The van der Waals surface area contributed by atoms with Gasteiger partial charge in [0, 0.05) is 31.7 Å². The summed E-state index contributed by atoms with van der Waals surface area (Å²) in [5.41, 5.74) is 0. The molecule has 0 spiro atoms. The third kappa shape index (κ3) is 4.24. The molecule has 0 aromatic heterocycles. The molecule has 1 saturated heterocycles. The van der Waals surface area contributed by atoms with Gasteiger partial charge < -0.3 is 5.32 Å². The Morgan fingerprint density at radius 1 is 1.11 bits per heavy atom. The first-order valence-corrected chi connectivity index (χ1v) is 7.96. The molecule has 2 nitrogen and oxygen atoms in total. The van der Waals surface area contributed by atoms with Crippen LogP contribution >= 0.6 is 0 Å². The Bertz CT molecular complexity index is 227. The summed E-state index contributed by atoms with van der Waals surface area (Å²) in [7, 11) is 0. The van der Waals surface area contributed by atoms with Gasteiger partial charge in [-0.05, 0) is 17.8 Å². The lowest BCUT2D eigenvalue weighted by atomic mass is 9.91. The Kier molecular flexibility index (Phi) is 6.65. The van der Waals surface area contributed by atoms with E-state index in [4.69, 9.17) is 0 Å². The molecule has 18 heavy (non-hydrogen) atoms. The van der Waals surface area contributed by atoms with Crippen molar-refractivity contribution in [2.24, 2.45) is 17.8 Å². The minimum absolute atomic E-state index is 0.675. The smallest absolute Gasteiger partial charge is 0.0247 e. The van der Waals surface area contributed by atoms with Crippen molar-refractivity contribution in [1.29, 1.82) is 0 Å². The summed E-state index contributed by atoms with van der Waals surface area (Å²) in [6, 6.07) is 1.41. The molecule has 0 amide bonds. The lowest BCUT2D eigenvalue weighted by Crippen LogP contribution is -2.60. The van der Waals surface area contributed by atoms with E-state index in [0.717, 1.165) is 23.8 Å². The molecule has 4 atom stereocenters. The van der Waals surface area contributed by atoms with Crippen molar-refractivity contribution in [1.82, 2.24) is 10.2 Å². The van der Waals surface area contributed by atoms with E-state index in [1.165, 1.54) is 32.5 Å². The van der Waals surface area contributed by atoms with Gasteiger partial charge in [-0.15, -0.1) is 0 Å². The monoisotopic (exact) mass is 254 g/mol. The van der Waals surface area contributed by atoms with Crippen LogP contribution in [-0.4, -0.2) is 36.6 Å². The van der Waals surface area contributed by atoms with E-state index < -0.39 is 0 Å². The SMILES string of the molecule is CCC(C)CN1CC(C(C)C)NCC1C(C)CC. The molecule has 1 N–H and O–H groups in total. The van der Waals surface area contributed by atoms with Crippen molar-refractivity contribution in [2.45, 2.75) is 66.5 Å². The average molecular weight is 254 g/mol. The molecule has 1 aliphatic heterocycles. The van der Waals surface area contributed by atoms with Crippen molar-refractivity contribution in [3.63, 3.8) is 0 Å². The number of hydrogen-bond acceptors (Lipinski definition) is 2. The summed E-state index contributed by atoms with van der Waals surface area (Å²) >= 11 is 0. The highest BCUT2D eigenvalue weighted by Gasteiger charge is 2.32. The second kappa shape index (κ2) is 7.49. The van der Waals surface area contributed by atoms with Crippen LogP contribution in [0.1, 0.15) is 54.4 Å². The van der Waals surface area contributed by atoms with Crippen LogP contribution < -0.4 is 5.32 Å². The maximum absolute atomic E-state index is 3.76. The predicted molar refractivity (Wildman–Crippen MR) is 80.9 cm³/mol. The first kappa shape index (κ1) is 16.0. The van der Waals surface area contributed by atoms with Crippen LogP contribution in [0.25, 0.3) is 0 Å². The second-order valence-electron chi connectivity index (χ2n) is 6.68. The maximum atomic E-state index is 3.76. The highest BCUT2D eigenvalue weighted by atomic mass is 15.2. The fourth-order valence-corrected chi connectivity index (χ4v) is 2.87. The lowest BCUT2D eigenvalue weighted by molar-refractivity contribution is 0.0660. The van der Waals surface area contributed by atoms with Crippen LogP contribution in [0.3, 0.4) is 0 Å². The molecular formula is C16H34N2. The zero-order chi connectivity index (χ0) is 13.7. The summed E-state index contributed by atoms with van der Waals surface area (Å²) in [5.74, 6) is 2.36. The summed E-state index contributed by atoms with van der Waals surface area (Å²) in [5, 5.41) is 3.76. The Morgan fingerprint density at radius 2 is 1.78 bits per heavy atom. The largest absolute Gasteiger partial charge is 0.311 e. The molecule has 0 aromatic rings. The minimum Gasteiger partial charge on any atom is -0.311 e. The predicted octanol–water partition coefficient (Wildman–Crippen LogP) is 3.38. The van der Waals surface area contributed by atoms with Gasteiger partial charge in [-0.25, -0.2) is 0 Å². The molecule has 0 aromatic carbocycles. The number of nitrogens with one attached hydrogen (secondary N) is 1. The zero-order valence-electron chi connectivity index (χ0n) is 13.4. The van der Waals surface area contributed by atoms with Crippen LogP contribution in [0.4, 0.5) is 0 Å². The molecule has 0 bridgehead atoms. The molecule has 1 rings (SSSR count). The third-order valence-electron chi connectivity index (χ3n) is 4.84. The number of rotatable bonds is 6. The normalized spacial score (nSPS) is 29.5. The van der Waals surface area contributed by atoms with Gasteiger partial charge in [0.1, 0.15) is 0 Å². The summed E-state index contributed by atoms with van der Waals surface area (Å²) < 4.78 is 0. The standard InChI is InChI=1S/C16H34N2/c1-7-13(5)10-18-11-15(12(3)4)17-9-16(18)14(6)8-2/h12-17H,7-11H2,1-6H3. The topological polar surface area (TPSA) is 15.3 Å². The summed E-state index contributed by atoms with van der Waals surface area (Å²) in [6.07, 6.45) is 2.58. The fraction of sp³-hybridized carbons (Fsp3) is 1.00. The summed E-state index contributed by atoms with van der Waals surface area (Å²) in [4.78, 5) is 2.77. The van der Waals surface area contributed by atoms with Gasteiger partial charge in [0.25, 0.3) is 0 Å². The fourth-order valence-electron chi connectivity index (χ4n) is 2.87. The molecule has 1 fully saturated rings. The van der Waals surface area contributed by atoms with Crippen LogP contribution in [0.2, 0.25) is 0 Å². The molecular weight excluding hydrogens is 220 g/mol. The van der Waals surface area contributed by atoms with E-state index in [0.29, 0.717) is 6.04 Å². The maximum Gasteiger partial charge on any atom is 0.0247 e. The van der Waals surface area contributed by atoms with Gasteiger partial charge in [0.15, 0.2) is 0 Å². The van der Waals surface area contributed by atoms with E-state index in [9.17, 15) is 0 Å². The Morgan fingerprint density at radius 3 is 2.28 bits per heavy atom. The van der Waals surface area contributed by atoms with Gasteiger partial charge in [-0.2, -0.15) is 0 Å². The molecule has 1 aliphatic rings. The van der Waals surface area contributed by atoms with Crippen LogP contribution in [-0.2, 0) is 0 Å². The lowest BCUT2D eigenvalue weighted by Gasteiger charge is -2.45. The van der Waals surface area contributed by atoms with E-state index >= 15 is 0 Å². The van der Waals surface area contributed by atoms with Gasteiger partial charge in [-0.3, -0.25) is 4.90 Å². The van der Waals surface area contributed by atoms with Gasteiger partial charge >= 0.3 is 0 Å². The van der Waals surface area contributed by atoms with Crippen molar-refractivity contribution in [3.8, 4) is 0 Å². The number of nitrogens with zero attached hydrogens (tertiary/aromatic N) is 1. The first-order chi connectivity index (χ1) is 8.49. The molecule has 0 saturated carbocycles. The number of hydrogen-bond donors (Lipinski definition) is 1. The highest BCUT2D eigenvalue weighted by molar-refractivity contribution is 4.90. The van der Waals surface area contributed by atoms with Gasteiger partial charge in [-0.1, -0.05) is 54.4 Å². The molecule has 0 aliphatic carbocycles.